The molecule has 2 heterocycles. The molecular formula is C15H25N5O2. The zero-order chi connectivity index (χ0) is 15.6. The van der Waals surface area contributed by atoms with Crippen molar-refractivity contribution < 1.29 is 9.53 Å². The molecule has 1 aliphatic heterocycles. The molecule has 1 saturated heterocycles. The monoisotopic (exact) mass is 307 g/mol. The number of hydrogen-bond acceptors (Lipinski definition) is 5. The van der Waals surface area contributed by atoms with Gasteiger partial charge in [0.1, 0.15) is 0 Å². The number of nitrogens with one attached hydrogen (secondary N) is 1. The lowest BCUT2D eigenvalue weighted by atomic mass is 9.59. The first-order chi connectivity index (χ1) is 10.6. The molecule has 1 saturated carbocycles. The van der Waals surface area contributed by atoms with Crippen molar-refractivity contribution in [2.24, 2.45) is 5.41 Å². The highest BCUT2D eigenvalue weighted by Crippen LogP contribution is 2.55. The second kappa shape index (κ2) is 6.34. The average molecular weight is 307 g/mol. The summed E-state index contributed by atoms with van der Waals surface area (Å²) < 4.78 is 6.84. The van der Waals surface area contributed by atoms with Crippen molar-refractivity contribution in [3.8, 4) is 0 Å². The van der Waals surface area contributed by atoms with Gasteiger partial charge in [-0.2, -0.15) is 0 Å². The van der Waals surface area contributed by atoms with Crippen LogP contribution in [0.5, 0.6) is 0 Å². The van der Waals surface area contributed by atoms with E-state index in [1.54, 1.807) is 13.3 Å². The Balaban J connectivity index is 1.63. The Morgan fingerprint density at radius 3 is 2.86 bits per heavy atom. The average Bonchev–Trinajstić information content (AvgIpc) is 2.96. The van der Waals surface area contributed by atoms with Crippen LogP contribution >= 0.6 is 0 Å². The summed E-state index contributed by atoms with van der Waals surface area (Å²) in [5.74, 6) is -0.181. The topological polar surface area (TPSA) is 72.3 Å². The fourth-order valence-corrected chi connectivity index (χ4v) is 3.63. The van der Waals surface area contributed by atoms with Crippen LogP contribution in [0.4, 0.5) is 0 Å². The first-order valence-electron chi connectivity index (χ1n) is 8.02. The summed E-state index contributed by atoms with van der Waals surface area (Å²) in [4.78, 5) is 14.4. The lowest BCUT2D eigenvalue weighted by molar-refractivity contribution is -0.0262. The van der Waals surface area contributed by atoms with Crippen LogP contribution in [0.15, 0.2) is 6.20 Å². The fraction of sp³-hybridized carbons (Fsp3) is 0.800. The normalized spacial score (nSPS) is 24.2. The minimum absolute atomic E-state index is 0.181. The van der Waals surface area contributed by atoms with Crippen molar-refractivity contribution >= 4 is 5.91 Å². The largest absolute Gasteiger partial charge is 0.383 e. The molecular weight excluding hydrogens is 282 g/mol. The minimum Gasteiger partial charge on any atom is -0.383 e. The molecule has 0 radical (unpaired) electrons. The van der Waals surface area contributed by atoms with Gasteiger partial charge >= 0.3 is 0 Å². The number of rotatable bonds is 5. The number of hydrogen-bond donors (Lipinski definition) is 1. The lowest BCUT2D eigenvalue weighted by Gasteiger charge is -2.53. The Morgan fingerprint density at radius 2 is 2.23 bits per heavy atom. The number of amides is 1. The van der Waals surface area contributed by atoms with Gasteiger partial charge in [-0.1, -0.05) is 5.21 Å². The van der Waals surface area contributed by atoms with E-state index in [1.807, 2.05) is 4.68 Å². The van der Waals surface area contributed by atoms with Crippen molar-refractivity contribution in [1.82, 2.24) is 25.2 Å². The molecule has 2 aliphatic rings. The van der Waals surface area contributed by atoms with Gasteiger partial charge in [-0.15, -0.1) is 5.10 Å². The molecule has 1 N–H and O–H groups in total. The molecule has 0 bridgehead atoms. The van der Waals surface area contributed by atoms with E-state index in [2.05, 4.69) is 27.6 Å². The van der Waals surface area contributed by atoms with E-state index in [4.69, 9.17) is 4.74 Å². The number of likely N-dealkylation sites (tertiary alicyclic amines) is 1. The molecule has 1 amide bonds. The van der Waals surface area contributed by atoms with Crippen molar-refractivity contribution in [2.45, 2.75) is 31.7 Å². The van der Waals surface area contributed by atoms with Gasteiger partial charge in [0, 0.05) is 13.7 Å². The highest BCUT2D eigenvalue weighted by molar-refractivity contribution is 5.91. The molecule has 7 nitrogen and oxygen atoms in total. The van der Waals surface area contributed by atoms with Crippen LogP contribution in [0.2, 0.25) is 0 Å². The van der Waals surface area contributed by atoms with Gasteiger partial charge in [-0.05, 0) is 51.2 Å². The molecule has 7 heteroatoms. The van der Waals surface area contributed by atoms with E-state index in [0.29, 0.717) is 30.3 Å². The van der Waals surface area contributed by atoms with Gasteiger partial charge in [0.25, 0.3) is 5.91 Å². The standard InChI is InChI=1S/C15H25N5O2/c1-19-8-5-15(6-9-19)4-3-13(15)20-11-12(17-18-20)14(21)16-7-10-22-2/h11,13H,3-10H2,1-2H3,(H,16,21). The molecule has 1 atom stereocenters. The third-order valence-corrected chi connectivity index (χ3v) is 5.26. The quantitative estimate of drug-likeness (QED) is 0.811. The molecule has 0 aromatic carbocycles. The van der Waals surface area contributed by atoms with Gasteiger partial charge in [-0.3, -0.25) is 4.79 Å². The van der Waals surface area contributed by atoms with Crippen molar-refractivity contribution in [3.05, 3.63) is 11.9 Å². The zero-order valence-electron chi connectivity index (χ0n) is 13.4. The Morgan fingerprint density at radius 1 is 1.45 bits per heavy atom. The molecule has 1 aromatic rings. The van der Waals surface area contributed by atoms with Gasteiger partial charge < -0.3 is 15.0 Å². The molecule has 2 fully saturated rings. The van der Waals surface area contributed by atoms with Gasteiger partial charge in [0.05, 0.1) is 18.8 Å². The number of carbonyl (C=O) groups is 1. The van der Waals surface area contributed by atoms with E-state index < -0.39 is 0 Å². The molecule has 1 spiro atoms. The Bertz CT molecular complexity index is 522. The summed E-state index contributed by atoms with van der Waals surface area (Å²) >= 11 is 0. The maximum Gasteiger partial charge on any atom is 0.273 e. The Kier molecular flexibility index (Phi) is 4.44. The minimum atomic E-state index is -0.181. The van der Waals surface area contributed by atoms with Crippen molar-refractivity contribution in [3.63, 3.8) is 0 Å². The summed E-state index contributed by atoms with van der Waals surface area (Å²) in [6.07, 6.45) is 6.62. The van der Waals surface area contributed by atoms with E-state index in [1.165, 1.54) is 19.3 Å². The predicted molar refractivity (Wildman–Crippen MR) is 81.7 cm³/mol. The molecule has 1 aliphatic carbocycles. The number of nitrogens with zero attached hydrogens (tertiary/aromatic N) is 4. The van der Waals surface area contributed by atoms with Crippen LogP contribution in [-0.4, -0.2) is 66.2 Å². The van der Waals surface area contributed by atoms with Gasteiger partial charge in [0.15, 0.2) is 5.69 Å². The number of ether oxygens (including phenoxy) is 1. The van der Waals surface area contributed by atoms with Crippen molar-refractivity contribution in [2.75, 3.05) is 40.4 Å². The SMILES string of the molecule is COCCNC(=O)c1cn(C2CCC23CCN(C)CC3)nn1. The maximum atomic E-state index is 12.0. The number of carbonyl (C=O) groups excluding carboxylic acids is 1. The third-order valence-electron chi connectivity index (χ3n) is 5.26. The first kappa shape index (κ1) is 15.4. The molecule has 3 rings (SSSR count). The lowest BCUT2D eigenvalue weighted by Crippen LogP contribution is -2.49. The summed E-state index contributed by atoms with van der Waals surface area (Å²) in [6, 6.07) is 0.397. The maximum absolute atomic E-state index is 12.0. The predicted octanol–water partition coefficient (Wildman–Crippen LogP) is 0.701. The number of piperidine rings is 1. The zero-order valence-corrected chi connectivity index (χ0v) is 13.4. The summed E-state index contributed by atoms with van der Waals surface area (Å²) in [7, 11) is 3.79. The van der Waals surface area contributed by atoms with Crippen LogP contribution in [0, 0.1) is 5.41 Å². The molecule has 22 heavy (non-hydrogen) atoms. The fourth-order valence-electron chi connectivity index (χ4n) is 3.63. The highest BCUT2D eigenvalue weighted by atomic mass is 16.5. The smallest absolute Gasteiger partial charge is 0.273 e. The molecule has 1 aromatic heterocycles. The van der Waals surface area contributed by atoms with Crippen LogP contribution in [0.25, 0.3) is 0 Å². The Labute approximate surface area is 131 Å². The van der Waals surface area contributed by atoms with Crippen LogP contribution < -0.4 is 5.32 Å². The second-order valence-corrected chi connectivity index (χ2v) is 6.55. The molecule has 122 valence electrons. The summed E-state index contributed by atoms with van der Waals surface area (Å²) in [6.45, 7) is 3.28. The second-order valence-electron chi connectivity index (χ2n) is 6.55. The van der Waals surface area contributed by atoms with Gasteiger partial charge in [-0.25, -0.2) is 4.68 Å². The molecule has 1 unspecified atom stereocenters. The van der Waals surface area contributed by atoms with E-state index >= 15 is 0 Å². The van der Waals surface area contributed by atoms with E-state index in [9.17, 15) is 4.79 Å². The number of methoxy groups -OCH3 is 1. The summed E-state index contributed by atoms with van der Waals surface area (Å²) in [5.41, 5.74) is 0.760. The number of aromatic nitrogens is 3. The van der Waals surface area contributed by atoms with Gasteiger partial charge in [0.2, 0.25) is 0 Å². The Hall–Kier alpha value is -1.47. The summed E-state index contributed by atoms with van der Waals surface area (Å²) in [5, 5.41) is 11.0. The first-order valence-corrected chi connectivity index (χ1v) is 8.02. The van der Waals surface area contributed by atoms with Crippen LogP contribution in [-0.2, 0) is 4.74 Å². The van der Waals surface area contributed by atoms with Crippen LogP contribution in [0.3, 0.4) is 0 Å². The van der Waals surface area contributed by atoms with E-state index in [0.717, 1.165) is 19.5 Å². The van der Waals surface area contributed by atoms with E-state index in [-0.39, 0.29) is 5.91 Å². The van der Waals surface area contributed by atoms with Crippen molar-refractivity contribution in [1.29, 1.82) is 0 Å². The van der Waals surface area contributed by atoms with Crippen LogP contribution in [0.1, 0.15) is 42.2 Å². The third kappa shape index (κ3) is 2.87. The highest BCUT2D eigenvalue weighted by Gasteiger charge is 2.49.